The Bertz CT molecular complexity index is 321. The number of carbonyl (C=O) groups excluding carboxylic acids is 1. The lowest BCUT2D eigenvalue weighted by Gasteiger charge is -2.03. The molecule has 3 heteroatoms. The summed E-state index contributed by atoms with van der Waals surface area (Å²) in [5.74, 6) is -1.01. The van der Waals surface area contributed by atoms with E-state index in [1.54, 1.807) is 6.07 Å². The Labute approximate surface area is 76.3 Å². The van der Waals surface area contributed by atoms with Crippen LogP contribution < -0.4 is 4.74 Å². The highest BCUT2D eigenvalue weighted by molar-refractivity contribution is 5.69. The van der Waals surface area contributed by atoms with E-state index in [0.717, 1.165) is 12.0 Å². The summed E-state index contributed by atoms with van der Waals surface area (Å²) in [6.07, 6.45) is 0.761. The van der Waals surface area contributed by atoms with Gasteiger partial charge in [-0.25, -0.2) is 4.39 Å². The van der Waals surface area contributed by atoms with Crippen LogP contribution in [-0.4, -0.2) is 5.97 Å². The van der Waals surface area contributed by atoms with Crippen molar-refractivity contribution in [2.24, 2.45) is 0 Å². The summed E-state index contributed by atoms with van der Waals surface area (Å²) in [4.78, 5) is 10.5. The molecule has 0 heterocycles. The highest BCUT2D eigenvalue weighted by Gasteiger charge is 2.05. The van der Waals surface area contributed by atoms with E-state index >= 15 is 0 Å². The molecule has 0 aliphatic rings. The van der Waals surface area contributed by atoms with Gasteiger partial charge in [0.2, 0.25) is 0 Å². The molecule has 0 spiro atoms. The summed E-state index contributed by atoms with van der Waals surface area (Å²) in [5, 5.41) is 0. The van der Waals surface area contributed by atoms with Crippen LogP contribution in [0.3, 0.4) is 0 Å². The summed E-state index contributed by atoms with van der Waals surface area (Å²) in [5.41, 5.74) is 0.883. The normalized spacial score (nSPS) is 9.77. The molecule has 0 amide bonds. The number of ether oxygens (including phenoxy) is 1. The molecule has 0 aromatic heterocycles. The molecule has 0 fully saturated rings. The second kappa shape index (κ2) is 4.03. The van der Waals surface area contributed by atoms with Gasteiger partial charge in [0, 0.05) is 6.92 Å². The Morgan fingerprint density at radius 2 is 2.23 bits per heavy atom. The molecule has 1 rings (SSSR count). The fraction of sp³-hybridized carbons (Fsp3) is 0.300. The summed E-state index contributed by atoms with van der Waals surface area (Å²) in [7, 11) is 0. The maximum absolute atomic E-state index is 13.1. The van der Waals surface area contributed by atoms with E-state index in [2.05, 4.69) is 4.74 Å². The number of hydrogen-bond acceptors (Lipinski definition) is 2. The van der Waals surface area contributed by atoms with E-state index in [-0.39, 0.29) is 5.75 Å². The first kappa shape index (κ1) is 9.71. The molecule has 0 saturated heterocycles. The van der Waals surface area contributed by atoms with E-state index < -0.39 is 11.8 Å². The molecule has 1 aromatic carbocycles. The van der Waals surface area contributed by atoms with Crippen LogP contribution in [0.25, 0.3) is 0 Å². The fourth-order valence-electron chi connectivity index (χ4n) is 1.00. The van der Waals surface area contributed by atoms with Crippen LogP contribution in [0.2, 0.25) is 0 Å². The lowest BCUT2D eigenvalue weighted by atomic mass is 10.1. The van der Waals surface area contributed by atoms with E-state index in [9.17, 15) is 9.18 Å². The Balaban J connectivity index is 2.91. The summed E-state index contributed by atoms with van der Waals surface area (Å²) >= 11 is 0. The minimum absolute atomic E-state index is 0.00954. The van der Waals surface area contributed by atoms with Gasteiger partial charge in [-0.15, -0.1) is 0 Å². The van der Waals surface area contributed by atoms with Gasteiger partial charge in [0.05, 0.1) is 0 Å². The summed E-state index contributed by atoms with van der Waals surface area (Å²) in [6.45, 7) is 3.17. The van der Waals surface area contributed by atoms with Crippen molar-refractivity contribution < 1.29 is 13.9 Å². The molecular formula is C10H11FO2. The average Bonchev–Trinajstić information content (AvgIpc) is 2.08. The topological polar surface area (TPSA) is 26.3 Å². The molecular weight excluding hydrogens is 171 g/mol. The van der Waals surface area contributed by atoms with Crippen LogP contribution in [0.5, 0.6) is 5.75 Å². The first-order valence-corrected chi connectivity index (χ1v) is 4.10. The predicted molar refractivity (Wildman–Crippen MR) is 47.1 cm³/mol. The summed E-state index contributed by atoms with van der Waals surface area (Å²) in [6, 6.07) is 4.58. The first-order chi connectivity index (χ1) is 6.13. The van der Waals surface area contributed by atoms with Gasteiger partial charge in [-0.2, -0.15) is 0 Å². The molecule has 2 nitrogen and oxygen atoms in total. The second-order valence-electron chi connectivity index (χ2n) is 2.71. The van der Waals surface area contributed by atoms with Crippen molar-refractivity contribution in [1.29, 1.82) is 0 Å². The first-order valence-electron chi connectivity index (χ1n) is 4.10. The van der Waals surface area contributed by atoms with Crippen LogP contribution in [0, 0.1) is 5.82 Å². The Hall–Kier alpha value is -1.38. The maximum Gasteiger partial charge on any atom is 0.308 e. The minimum atomic E-state index is -0.511. The van der Waals surface area contributed by atoms with Gasteiger partial charge >= 0.3 is 5.97 Å². The molecule has 0 aliphatic heterocycles. The van der Waals surface area contributed by atoms with E-state index in [1.807, 2.05) is 6.92 Å². The van der Waals surface area contributed by atoms with Gasteiger partial charge < -0.3 is 4.74 Å². The molecule has 0 unspecified atom stereocenters. The van der Waals surface area contributed by atoms with Gasteiger partial charge in [0.25, 0.3) is 0 Å². The molecule has 0 saturated carbocycles. The van der Waals surface area contributed by atoms with Crippen LogP contribution in [0.4, 0.5) is 4.39 Å². The number of aryl methyl sites for hydroxylation is 1. The van der Waals surface area contributed by atoms with Crippen LogP contribution in [0.1, 0.15) is 19.4 Å². The highest BCUT2D eigenvalue weighted by Crippen LogP contribution is 2.18. The smallest absolute Gasteiger partial charge is 0.308 e. The minimum Gasteiger partial charge on any atom is -0.424 e. The number of hydrogen-bond donors (Lipinski definition) is 0. The zero-order valence-electron chi connectivity index (χ0n) is 7.63. The fourth-order valence-corrected chi connectivity index (χ4v) is 1.00. The molecule has 1 aromatic rings. The molecule has 0 aliphatic carbocycles. The van der Waals surface area contributed by atoms with E-state index in [1.165, 1.54) is 19.1 Å². The van der Waals surface area contributed by atoms with Crippen molar-refractivity contribution in [2.45, 2.75) is 20.3 Å². The quantitative estimate of drug-likeness (QED) is 0.518. The lowest BCUT2D eigenvalue weighted by molar-refractivity contribution is -0.132. The summed E-state index contributed by atoms with van der Waals surface area (Å²) < 4.78 is 17.8. The molecule has 0 radical (unpaired) electrons. The third-order valence-corrected chi connectivity index (χ3v) is 1.66. The SMILES string of the molecule is CCc1ccc(OC(C)=O)c(F)c1. The van der Waals surface area contributed by atoms with Gasteiger partial charge in [-0.05, 0) is 24.1 Å². The highest BCUT2D eigenvalue weighted by atomic mass is 19.1. The van der Waals surface area contributed by atoms with E-state index in [0.29, 0.717) is 0 Å². The monoisotopic (exact) mass is 182 g/mol. The standard InChI is InChI=1S/C10H11FO2/c1-3-8-4-5-10(9(11)6-8)13-7(2)12/h4-6H,3H2,1-2H3. The number of rotatable bonds is 2. The van der Waals surface area contributed by atoms with Crippen molar-refractivity contribution in [3.63, 3.8) is 0 Å². The van der Waals surface area contributed by atoms with Crippen molar-refractivity contribution >= 4 is 5.97 Å². The largest absolute Gasteiger partial charge is 0.424 e. The number of halogens is 1. The third-order valence-electron chi connectivity index (χ3n) is 1.66. The van der Waals surface area contributed by atoms with Crippen molar-refractivity contribution in [2.75, 3.05) is 0 Å². The lowest BCUT2D eigenvalue weighted by Crippen LogP contribution is -2.03. The van der Waals surface area contributed by atoms with Crippen molar-refractivity contribution in [3.8, 4) is 5.75 Å². The zero-order valence-corrected chi connectivity index (χ0v) is 7.63. The third kappa shape index (κ3) is 2.54. The molecule has 0 bridgehead atoms. The number of carbonyl (C=O) groups is 1. The maximum atomic E-state index is 13.1. The van der Waals surface area contributed by atoms with Crippen LogP contribution in [0.15, 0.2) is 18.2 Å². The van der Waals surface area contributed by atoms with Gasteiger partial charge in [0.1, 0.15) is 0 Å². The molecule has 70 valence electrons. The zero-order chi connectivity index (χ0) is 9.84. The average molecular weight is 182 g/mol. The predicted octanol–water partition coefficient (Wildman–Crippen LogP) is 2.31. The number of benzene rings is 1. The van der Waals surface area contributed by atoms with Gasteiger partial charge in [-0.3, -0.25) is 4.79 Å². The molecule has 0 atom stereocenters. The van der Waals surface area contributed by atoms with Crippen molar-refractivity contribution in [1.82, 2.24) is 0 Å². The Morgan fingerprint density at radius 3 is 2.69 bits per heavy atom. The number of esters is 1. The molecule has 0 N–H and O–H groups in total. The van der Waals surface area contributed by atoms with E-state index in [4.69, 9.17) is 0 Å². The van der Waals surface area contributed by atoms with Gasteiger partial charge in [0.15, 0.2) is 11.6 Å². The van der Waals surface area contributed by atoms with Crippen LogP contribution >= 0.6 is 0 Å². The van der Waals surface area contributed by atoms with Crippen molar-refractivity contribution in [3.05, 3.63) is 29.6 Å². The Morgan fingerprint density at radius 1 is 1.54 bits per heavy atom. The second-order valence-corrected chi connectivity index (χ2v) is 2.71. The van der Waals surface area contributed by atoms with Gasteiger partial charge in [-0.1, -0.05) is 13.0 Å². The van der Waals surface area contributed by atoms with Crippen LogP contribution in [-0.2, 0) is 11.2 Å². The Kier molecular flexibility index (Phi) is 3.01. The molecule has 13 heavy (non-hydrogen) atoms.